The molecule has 0 bridgehead atoms. The topological polar surface area (TPSA) is 73.1 Å². The number of aryl methyl sites for hydroxylation is 1. The first-order valence-corrected chi connectivity index (χ1v) is 5.83. The molecule has 5 nitrogen and oxygen atoms in total. The molecule has 1 aromatic heterocycles. The second-order valence-corrected chi connectivity index (χ2v) is 4.07. The smallest absolute Gasteiger partial charge is 0.219 e. The predicted molar refractivity (Wildman–Crippen MR) is 62.1 cm³/mol. The number of rotatable bonds is 5. The van der Waals surface area contributed by atoms with Gasteiger partial charge >= 0.3 is 0 Å². The summed E-state index contributed by atoms with van der Waals surface area (Å²) >= 11 is 0. The first kappa shape index (κ1) is 11.1. The van der Waals surface area contributed by atoms with Crippen molar-refractivity contribution in [1.82, 2.24) is 9.97 Å². The van der Waals surface area contributed by atoms with Crippen LogP contribution in [0, 0.1) is 0 Å². The van der Waals surface area contributed by atoms with Crippen LogP contribution in [0.2, 0.25) is 0 Å². The highest BCUT2D eigenvalue weighted by atomic mass is 16.5. The number of hydrazine groups is 1. The summed E-state index contributed by atoms with van der Waals surface area (Å²) in [4.78, 5) is 8.63. The normalized spacial score (nSPS) is 15.6. The van der Waals surface area contributed by atoms with Crippen LogP contribution in [0.25, 0.3) is 0 Å². The van der Waals surface area contributed by atoms with E-state index in [-0.39, 0.29) is 0 Å². The summed E-state index contributed by atoms with van der Waals surface area (Å²) in [6.45, 7) is 2.10. The van der Waals surface area contributed by atoms with Gasteiger partial charge < -0.3 is 10.2 Å². The maximum Gasteiger partial charge on any atom is 0.219 e. The second-order valence-electron chi connectivity index (χ2n) is 4.07. The molecule has 0 saturated heterocycles. The van der Waals surface area contributed by atoms with Crippen molar-refractivity contribution in [2.45, 2.75) is 45.1 Å². The van der Waals surface area contributed by atoms with Gasteiger partial charge in [0, 0.05) is 12.5 Å². The molecule has 1 fully saturated rings. The molecule has 1 heterocycles. The van der Waals surface area contributed by atoms with E-state index in [2.05, 4.69) is 22.3 Å². The Labute approximate surface area is 95.4 Å². The molecule has 0 amide bonds. The third-order valence-electron chi connectivity index (χ3n) is 2.71. The van der Waals surface area contributed by atoms with E-state index in [1.165, 1.54) is 6.42 Å². The van der Waals surface area contributed by atoms with Crippen LogP contribution in [0.15, 0.2) is 6.07 Å². The standard InChI is InChI=1S/C11H18N4O/c1-2-4-9-13-10(15-12)7-11(14-9)16-8-5-3-6-8/h7-8H,2-6,12H2,1H3,(H,13,14,15). The zero-order valence-electron chi connectivity index (χ0n) is 9.57. The van der Waals surface area contributed by atoms with E-state index in [9.17, 15) is 0 Å². The summed E-state index contributed by atoms with van der Waals surface area (Å²) in [5.41, 5.74) is 2.54. The van der Waals surface area contributed by atoms with E-state index in [1.54, 1.807) is 6.07 Å². The first-order chi connectivity index (χ1) is 7.81. The largest absolute Gasteiger partial charge is 0.474 e. The minimum absolute atomic E-state index is 0.329. The van der Waals surface area contributed by atoms with E-state index in [1.807, 2.05) is 0 Å². The summed E-state index contributed by atoms with van der Waals surface area (Å²) in [6.07, 6.45) is 5.68. The minimum atomic E-state index is 0.329. The third-order valence-corrected chi connectivity index (χ3v) is 2.71. The third kappa shape index (κ3) is 2.61. The van der Waals surface area contributed by atoms with Crippen LogP contribution < -0.4 is 16.0 Å². The minimum Gasteiger partial charge on any atom is -0.474 e. The summed E-state index contributed by atoms with van der Waals surface area (Å²) in [5.74, 6) is 7.40. The van der Waals surface area contributed by atoms with Crippen LogP contribution in [-0.2, 0) is 6.42 Å². The van der Waals surface area contributed by atoms with E-state index in [0.29, 0.717) is 17.8 Å². The maximum atomic E-state index is 5.73. The summed E-state index contributed by atoms with van der Waals surface area (Å²) in [7, 11) is 0. The van der Waals surface area contributed by atoms with Crippen LogP contribution in [-0.4, -0.2) is 16.1 Å². The first-order valence-electron chi connectivity index (χ1n) is 5.83. The quantitative estimate of drug-likeness (QED) is 0.585. The molecule has 2 rings (SSSR count). The van der Waals surface area contributed by atoms with Crippen molar-refractivity contribution in [2.75, 3.05) is 5.43 Å². The Kier molecular flexibility index (Phi) is 3.56. The van der Waals surface area contributed by atoms with Gasteiger partial charge in [0.1, 0.15) is 17.7 Å². The number of nitrogen functional groups attached to an aromatic ring is 1. The molecule has 0 aliphatic heterocycles. The molecule has 0 aromatic carbocycles. The molecule has 0 spiro atoms. The number of nitrogens with one attached hydrogen (secondary N) is 1. The van der Waals surface area contributed by atoms with Gasteiger partial charge in [0.05, 0.1) is 0 Å². The predicted octanol–water partition coefficient (Wildman–Crippen LogP) is 1.65. The summed E-state index contributed by atoms with van der Waals surface area (Å²) in [5, 5.41) is 0. The lowest BCUT2D eigenvalue weighted by molar-refractivity contribution is 0.114. The van der Waals surface area contributed by atoms with Crippen molar-refractivity contribution in [3.63, 3.8) is 0 Å². The monoisotopic (exact) mass is 222 g/mol. The Bertz CT molecular complexity index is 352. The number of anilines is 1. The fourth-order valence-corrected chi connectivity index (χ4v) is 1.60. The van der Waals surface area contributed by atoms with Crippen LogP contribution in [0.5, 0.6) is 5.88 Å². The highest BCUT2D eigenvalue weighted by molar-refractivity contribution is 5.37. The van der Waals surface area contributed by atoms with Gasteiger partial charge in [-0.2, -0.15) is 4.98 Å². The van der Waals surface area contributed by atoms with E-state index in [4.69, 9.17) is 10.6 Å². The van der Waals surface area contributed by atoms with Crippen molar-refractivity contribution in [3.05, 3.63) is 11.9 Å². The van der Waals surface area contributed by atoms with Crippen molar-refractivity contribution in [2.24, 2.45) is 5.84 Å². The Morgan fingerprint density at radius 3 is 2.88 bits per heavy atom. The Balaban J connectivity index is 2.11. The molecule has 16 heavy (non-hydrogen) atoms. The van der Waals surface area contributed by atoms with E-state index in [0.717, 1.165) is 31.5 Å². The lowest BCUT2D eigenvalue weighted by Crippen LogP contribution is -2.25. The maximum absolute atomic E-state index is 5.73. The van der Waals surface area contributed by atoms with Crippen LogP contribution in [0.3, 0.4) is 0 Å². The van der Waals surface area contributed by atoms with Gasteiger partial charge in [-0.25, -0.2) is 10.8 Å². The van der Waals surface area contributed by atoms with Gasteiger partial charge in [-0.1, -0.05) is 6.92 Å². The van der Waals surface area contributed by atoms with Gasteiger partial charge in [0.15, 0.2) is 0 Å². The number of aromatic nitrogens is 2. The van der Waals surface area contributed by atoms with Crippen LogP contribution in [0.1, 0.15) is 38.4 Å². The number of hydrogen-bond acceptors (Lipinski definition) is 5. The molecule has 3 N–H and O–H groups in total. The molecule has 1 aromatic rings. The molecular formula is C11H18N4O. The molecule has 0 unspecified atom stereocenters. The van der Waals surface area contributed by atoms with Crippen molar-refractivity contribution < 1.29 is 4.74 Å². The Morgan fingerprint density at radius 1 is 1.50 bits per heavy atom. The van der Waals surface area contributed by atoms with Gasteiger partial charge in [-0.3, -0.25) is 0 Å². The fraction of sp³-hybridized carbons (Fsp3) is 0.636. The van der Waals surface area contributed by atoms with Gasteiger partial charge in [-0.15, -0.1) is 0 Å². The lowest BCUT2D eigenvalue weighted by Gasteiger charge is -2.25. The Hall–Kier alpha value is -1.36. The average Bonchev–Trinajstić information content (AvgIpc) is 2.24. The molecule has 1 saturated carbocycles. The average molecular weight is 222 g/mol. The number of nitrogens with zero attached hydrogens (tertiary/aromatic N) is 2. The van der Waals surface area contributed by atoms with Crippen molar-refractivity contribution >= 4 is 5.82 Å². The van der Waals surface area contributed by atoms with Gasteiger partial charge in [-0.05, 0) is 25.7 Å². The molecule has 1 aliphatic carbocycles. The van der Waals surface area contributed by atoms with E-state index >= 15 is 0 Å². The van der Waals surface area contributed by atoms with Crippen molar-refractivity contribution in [3.8, 4) is 5.88 Å². The number of hydrogen-bond donors (Lipinski definition) is 2. The molecular weight excluding hydrogens is 204 g/mol. The second kappa shape index (κ2) is 5.12. The summed E-state index contributed by atoms with van der Waals surface area (Å²) in [6, 6.07) is 1.75. The fourth-order valence-electron chi connectivity index (χ4n) is 1.60. The van der Waals surface area contributed by atoms with Crippen molar-refractivity contribution in [1.29, 1.82) is 0 Å². The van der Waals surface area contributed by atoms with Gasteiger partial charge in [0.25, 0.3) is 0 Å². The zero-order chi connectivity index (χ0) is 11.4. The molecule has 88 valence electrons. The van der Waals surface area contributed by atoms with Crippen LogP contribution >= 0.6 is 0 Å². The zero-order valence-corrected chi connectivity index (χ0v) is 9.57. The molecule has 0 atom stereocenters. The van der Waals surface area contributed by atoms with Gasteiger partial charge in [0.2, 0.25) is 5.88 Å². The molecule has 5 heteroatoms. The highest BCUT2D eigenvalue weighted by Crippen LogP contribution is 2.25. The number of ether oxygens (including phenoxy) is 1. The van der Waals surface area contributed by atoms with E-state index < -0.39 is 0 Å². The molecule has 0 radical (unpaired) electrons. The SMILES string of the molecule is CCCc1nc(NN)cc(OC2CCC2)n1. The highest BCUT2D eigenvalue weighted by Gasteiger charge is 2.20. The lowest BCUT2D eigenvalue weighted by atomic mass is 9.96. The number of nitrogens with two attached hydrogens (primary N) is 1. The Morgan fingerprint density at radius 2 is 2.31 bits per heavy atom. The summed E-state index contributed by atoms with van der Waals surface area (Å²) < 4.78 is 5.73. The molecule has 1 aliphatic rings. The van der Waals surface area contributed by atoms with Crippen LogP contribution in [0.4, 0.5) is 5.82 Å².